The van der Waals surface area contributed by atoms with Crippen molar-refractivity contribution in [3.05, 3.63) is 52.9 Å². The van der Waals surface area contributed by atoms with Crippen molar-refractivity contribution in [1.29, 1.82) is 0 Å². The van der Waals surface area contributed by atoms with Crippen molar-refractivity contribution >= 4 is 35.2 Å². The Morgan fingerprint density at radius 3 is 2.63 bits per heavy atom. The van der Waals surface area contributed by atoms with Crippen molar-refractivity contribution in [2.75, 3.05) is 13.2 Å². The molecule has 0 aliphatic carbocycles. The van der Waals surface area contributed by atoms with Crippen LogP contribution in [0, 0.1) is 12.8 Å². The number of aldehydes is 1. The van der Waals surface area contributed by atoms with Crippen molar-refractivity contribution in [2.24, 2.45) is 5.92 Å². The monoisotopic (exact) mass is 538 g/mol. The number of amides is 2. The zero-order chi connectivity index (χ0) is 27.4. The summed E-state index contributed by atoms with van der Waals surface area (Å²) >= 11 is 1.57. The number of rotatable bonds is 10. The molecule has 0 bridgehead atoms. The van der Waals surface area contributed by atoms with E-state index < -0.39 is 23.8 Å². The average molecular weight is 539 g/mol. The van der Waals surface area contributed by atoms with Crippen molar-refractivity contribution in [3.63, 3.8) is 0 Å². The van der Waals surface area contributed by atoms with Gasteiger partial charge in [0.05, 0.1) is 28.7 Å². The molecule has 3 atom stereocenters. The summed E-state index contributed by atoms with van der Waals surface area (Å²) in [5.41, 5.74) is 4.73. The van der Waals surface area contributed by atoms with Crippen LogP contribution in [0.5, 0.6) is 5.88 Å². The largest absolute Gasteiger partial charge is 0.468 e. The fourth-order valence-electron chi connectivity index (χ4n) is 4.57. The predicted octanol–water partition coefficient (Wildman–Crippen LogP) is 3.47. The summed E-state index contributed by atoms with van der Waals surface area (Å²) in [6.45, 7) is 7.15. The maximum atomic E-state index is 13.6. The van der Waals surface area contributed by atoms with E-state index in [2.05, 4.69) is 15.5 Å². The van der Waals surface area contributed by atoms with E-state index in [1.165, 1.54) is 11.0 Å². The third-order valence-electron chi connectivity index (χ3n) is 6.55. The maximum absolute atomic E-state index is 13.6. The van der Waals surface area contributed by atoms with E-state index >= 15 is 0 Å². The molecule has 1 saturated heterocycles. The number of carbonyl (C=O) groups is 4. The van der Waals surface area contributed by atoms with E-state index in [4.69, 9.17) is 9.26 Å². The molecule has 1 N–H and O–H groups in total. The van der Waals surface area contributed by atoms with Gasteiger partial charge in [0.15, 0.2) is 17.8 Å². The average Bonchev–Trinajstić information content (AvgIpc) is 3.62. The number of ether oxygens (including phenoxy) is 1. The number of likely N-dealkylation sites (tertiary alicyclic amines) is 1. The smallest absolute Gasteiger partial charge is 0.254 e. The Hall–Kier alpha value is -3.86. The number of aromatic nitrogens is 2. The van der Waals surface area contributed by atoms with E-state index in [0.29, 0.717) is 6.29 Å². The summed E-state index contributed by atoms with van der Waals surface area (Å²) in [5.74, 6) is -1.65. The lowest BCUT2D eigenvalue weighted by Gasteiger charge is -2.29. The molecule has 38 heavy (non-hydrogen) atoms. The first-order valence-electron chi connectivity index (χ1n) is 12.4. The number of hydrogen-bond acceptors (Lipinski definition) is 9. The lowest BCUT2D eigenvalue weighted by atomic mass is 9.91. The summed E-state index contributed by atoms with van der Waals surface area (Å²) in [4.78, 5) is 56.6. The Morgan fingerprint density at radius 2 is 2.00 bits per heavy atom. The number of benzene rings is 1. The Kier molecular flexibility index (Phi) is 8.35. The van der Waals surface area contributed by atoms with Crippen LogP contribution < -0.4 is 10.1 Å². The summed E-state index contributed by atoms with van der Waals surface area (Å²) in [5, 5.41) is 6.72. The Labute approximate surface area is 224 Å². The second-order valence-electron chi connectivity index (χ2n) is 9.61. The van der Waals surface area contributed by atoms with Gasteiger partial charge in [-0.3, -0.25) is 19.2 Å². The van der Waals surface area contributed by atoms with Gasteiger partial charge in [0.2, 0.25) is 11.8 Å². The van der Waals surface area contributed by atoms with E-state index in [1.54, 1.807) is 11.3 Å². The molecule has 0 saturated carbocycles. The number of carbonyl (C=O) groups excluding carboxylic acids is 4. The van der Waals surface area contributed by atoms with E-state index in [1.807, 2.05) is 57.5 Å². The highest BCUT2D eigenvalue weighted by Gasteiger charge is 2.43. The molecular formula is C27H30N4O6S. The molecule has 4 rings (SSSR count). The maximum Gasteiger partial charge on any atom is 0.254 e. The molecule has 0 spiro atoms. The Morgan fingerprint density at radius 1 is 1.26 bits per heavy atom. The van der Waals surface area contributed by atoms with Crippen LogP contribution in [0.3, 0.4) is 0 Å². The highest BCUT2D eigenvalue weighted by molar-refractivity contribution is 7.13. The number of ketones is 1. The third-order valence-corrected chi connectivity index (χ3v) is 7.53. The first-order chi connectivity index (χ1) is 18.2. The van der Waals surface area contributed by atoms with E-state index in [9.17, 15) is 19.2 Å². The van der Waals surface area contributed by atoms with Gasteiger partial charge in [-0.25, -0.2) is 4.98 Å². The zero-order valence-corrected chi connectivity index (χ0v) is 22.5. The zero-order valence-electron chi connectivity index (χ0n) is 21.7. The van der Waals surface area contributed by atoms with Gasteiger partial charge in [0.1, 0.15) is 18.6 Å². The molecule has 0 unspecified atom stereocenters. The van der Waals surface area contributed by atoms with Gasteiger partial charge >= 0.3 is 0 Å². The quantitative estimate of drug-likeness (QED) is 0.388. The standard InChI is InChI=1S/C27H30N4O6S/c1-15(2)24(22-12-23(30-37-22)36-10-9-32)27(35)31-13-20(33)11-21(31)26(34)29-16(3)18-5-7-19(8-6-18)25-17(4)28-14-38-25/h5-9,12,14-16,21,24H,10-11,13H2,1-4H3,(H,29,34)/t16-,21-,24+/m0/s1. The summed E-state index contributed by atoms with van der Waals surface area (Å²) < 4.78 is 10.5. The lowest BCUT2D eigenvalue weighted by Crippen LogP contribution is -2.48. The SMILES string of the molecule is Cc1ncsc1-c1ccc([C@H](C)NC(=O)[C@@H]2CC(=O)CN2C(=O)[C@@H](c2cc(OCC=O)no2)C(C)C)cc1. The van der Waals surface area contributed by atoms with Crippen LogP contribution in [0.4, 0.5) is 0 Å². The molecule has 10 nitrogen and oxygen atoms in total. The molecule has 2 aromatic heterocycles. The number of nitrogens with zero attached hydrogens (tertiary/aromatic N) is 3. The fraction of sp³-hybridized carbons (Fsp3) is 0.407. The topological polar surface area (TPSA) is 132 Å². The molecule has 3 heterocycles. The Balaban J connectivity index is 1.47. The molecule has 1 aliphatic rings. The van der Waals surface area contributed by atoms with Gasteiger partial charge < -0.3 is 19.5 Å². The minimum absolute atomic E-state index is 0.0528. The van der Waals surface area contributed by atoms with Crippen LogP contribution >= 0.6 is 11.3 Å². The lowest BCUT2D eigenvalue weighted by molar-refractivity contribution is -0.141. The molecule has 1 fully saturated rings. The second kappa shape index (κ2) is 11.7. The Bertz CT molecular complexity index is 1320. The van der Waals surface area contributed by atoms with Crippen LogP contribution in [0.2, 0.25) is 0 Å². The van der Waals surface area contributed by atoms with E-state index in [-0.39, 0.29) is 49.0 Å². The van der Waals surface area contributed by atoms with Crippen molar-refractivity contribution in [3.8, 4) is 16.3 Å². The number of nitrogens with one attached hydrogen (secondary N) is 1. The minimum atomic E-state index is -0.925. The molecule has 0 radical (unpaired) electrons. The van der Waals surface area contributed by atoms with Gasteiger partial charge in [0.25, 0.3) is 5.88 Å². The van der Waals surface area contributed by atoms with Crippen molar-refractivity contribution in [1.82, 2.24) is 20.4 Å². The number of Topliss-reactive ketones (excluding diaryl/α,β-unsaturated/α-hetero) is 1. The van der Waals surface area contributed by atoms with Gasteiger partial charge in [-0.1, -0.05) is 38.1 Å². The van der Waals surface area contributed by atoms with E-state index in [0.717, 1.165) is 21.7 Å². The molecule has 1 aromatic carbocycles. The van der Waals surface area contributed by atoms with Gasteiger partial charge in [-0.05, 0) is 36.0 Å². The summed E-state index contributed by atoms with van der Waals surface area (Å²) in [7, 11) is 0. The molecule has 3 aromatic rings. The first-order valence-corrected chi connectivity index (χ1v) is 13.2. The normalized spacial score (nSPS) is 16.9. The highest BCUT2D eigenvalue weighted by atomic mass is 32.1. The number of thiazole rings is 1. The van der Waals surface area contributed by atoms with Gasteiger partial charge in [0, 0.05) is 12.5 Å². The molecule has 11 heteroatoms. The molecule has 2 amide bonds. The summed E-state index contributed by atoms with van der Waals surface area (Å²) in [6, 6.07) is 8.08. The van der Waals surface area contributed by atoms with Crippen molar-refractivity contribution < 1.29 is 28.4 Å². The number of hydrogen-bond donors (Lipinski definition) is 1. The van der Waals surface area contributed by atoms with Crippen LogP contribution in [0.15, 0.2) is 40.4 Å². The van der Waals surface area contributed by atoms with Gasteiger partial charge in [-0.2, -0.15) is 0 Å². The first kappa shape index (κ1) is 27.2. The van der Waals surface area contributed by atoms with Crippen LogP contribution in [-0.4, -0.2) is 58.1 Å². The van der Waals surface area contributed by atoms with Gasteiger partial charge in [-0.15, -0.1) is 11.3 Å². The van der Waals surface area contributed by atoms with Crippen molar-refractivity contribution in [2.45, 2.75) is 52.1 Å². The second-order valence-corrected chi connectivity index (χ2v) is 10.5. The molecular weight excluding hydrogens is 508 g/mol. The summed E-state index contributed by atoms with van der Waals surface area (Å²) in [6.07, 6.45) is 0.527. The predicted molar refractivity (Wildman–Crippen MR) is 140 cm³/mol. The third kappa shape index (κ3) is 5.83. The van der Waals surface area contributed by atoms with Crippen LogP contribution in [-0.2, 0) is 19.2 Å². The highest BCUT2D eigenvalue weighted by Crippen LogP contribution is 2.32. The van der Waals surface area contributed by atoms with Crippen LogP contribution in [0.1, 0.15) is 56.2 Å². The number of aryl methyl sites for hydroxylation is 1. The minimum Gasteiger partial charge on any atom is -0.468 e. The molecule has 1 aliphatic heterocycles. The fourth-order valence-corrected chi connectivity index (χ4v) is 5.38. The molecule has 200 valence electrons. The van der Waals surface area contributed by atoms with Crippen LogP contribution in [0.25, 0.3) is 10.4 Å².